The van der Waals surface area contributed by atoms with Crippen molar-refractivity contribution >= 4 is 47.8 Å². The maximum Gasteiger partial charge on any atom is 1.00 e. The molecule has 0 aromatic rings. The number of hydrogen-bond acceptors (Lipinski definition) is 14. The number of hydrogen-bond donors (Lipinski definition) is 6. The van der Waals surface area contributed by atoms with Gasteiger partial charge in [0.2, 0.25) is 0 Å². The van der Waals surface area contributed by atoms with Crippen LogP contribution in [0.5, 0.6) is 0 Å². The first-order valence-corrected chi connectivity index (χ1v) is 8.66. The molecular formula is C18H36N2Na4O16. The van der Waals surface area contributed by atoms with Gasteiger partial charge in [-0.05, 0) is 27.7 Å². The zero-order valence-corrected chi connectivity index (χ0v) is 33.3. The molecule has 0 atom stereocenters. The van der Waals surface area contributed by atoms with E-state index in [1.165, 1.54) is 0 Å². The van der Waals surface area contributed by atoms with Crippen LogP contribution in [0.2, 0.25) is 0 Å². The summed E-state index contributed by atoms with van der Waals surface area (Å²) in [6, 6.07) is 0. The Bertz CT molecular complexity index is 418. The van der Waals surface area contributed by atoms with E-state index in [4.69, 9.17) is 90.7 Å². The second-order valence-corrected chi connectivity index (χ2v) is 4.62. The van der Waals surface area contributed by atoms with Crippen molar-refractivity contribution in [2.75, 3.05) is 13.1 Å². The Morgan fingerprint density at radius 3 is 0.425 bits per heavy atom. The molecule has 40 heavy (non-hydrogen) atoms. The van der Waals surface area contributed by atoms with Gasteiger partial charge in [-0.3, -0.25) is 19.2 Å². The molecule has 218 valence electrons. The monoisotopic (exact) mass is 628 g/mol. The molecule has 0 unspecified atom stereocenters. The molecule has 0 aliphatic rings. The van der Waals surface area contributed by atoms with Crippen molar-refractivity contribution in [2.45, 2.75) is 55.4 Å². The summed E-state index contributed by atoms with van der Waals surface area (Å²) < 4.78 is 0. The predicted octanol–water partition coefficient (Wildman–Crippen LogP) is -17.7. The number of carbonyl (C=O) groups is 8. The zero-order valence-electron chi connectivity index (χ0n) is 25.3. The van der Waals surface area contributed by atoms with E-state index < -0.39 is 47.8 Å². The fourth-order valence-corrected chi connectivity index (χ4v) is 0. The predicted molar refractivity (Wildman–Crippen MR) is 114 cm³/mol. The SMILES string of the molecule is CC(=O)O.CC(=O)O.CC(=O)O.CC(=O)O.CC(=O)[O-].CC(=O)[O-].CC(=O)[O-].CC(=O)[O-].NCCN.[Na+].[Na+].[Na+].[Na+]. The minimum Gasteiger partial charge on any atom is -0.550 e. The molecule has 0 aromatic heterocycles. The summed E-state index contributed by atoms with van der Waals surface area (Å²) >= 11 is 0. The largest absolute Gasteiger partial charge is 1.00 e. The summed E-state index contributed by atoms with van der Waals surface area (Å²) in [6.07, 6.45) is 0. The molecule has 0 rings (SSSR count). The number of nitrogens with two attached hydrogens (primary N) is 2. The van der Waals surface area contributed by atoms with Gasteiger partial charge in [0.15, 0.2) is 0 Å². The Morgan fingerprint density at radius 1 is 0.400 bits per heavy atom. The van der Waals surface area contributed by atoms with Crippen molar-refractivity contribution in [3.05, 3.63) is 0 Å². The number of carbonyl (C=O) groups excluding carboxylic acids is 4. The molecule has 0 heterocycles. The first-order valence-electron chi connectivity index (χ1n) is 8.66. The summed E-state index contributed by atoms with van der Waals surface area (Å²) in [6.45, 7) is 9.42. The molecule has 0 aliphatic carbocycles. The third-order valence-corrected chi connectivity index (χ3v) is 0.167. The fraction of sp³-hybridized carbons (Fsp3) is 0.556. The van der Waals surface area contributed by atoms with Crippen molar-refractivity contribution in [1.82, 2.24) is 0 Å². The quantitative estimate of drug-likeness (QED) is 0.147. The van der Waals surface area contributed by atoms with Gasteiger partial charge in [-0.1, -0.05) is 0 Å². The molecule has 0 bridgehead atoms. The van der Waals surface area contributed by atoms with Crippen LogP contribution in [0.4, 0.5) is 0 Å². The number of rotatable bonds is 1. The Hall–Kier alpha value is -0.320. The van der Waals surface area contributed by atoms with Crippen LogP contribution in [0.25, 0.3) is 0 Å². The van der Waals surface area contributed by atoms with Crippen LogP contribution >= 0.6 is 0 Å². The normalized spacial score (nSPS) is 5.75. The molecule has 0 amide bonds. The molecule has 0 fully saturated rings. The third kappa shape index (κ3) is 110000. The van der Waals surface area contributed by atoms with Gasteiger partial charge in [-0.25, -0.2) is 0 Å². The molecule has 22 heteroatoms. The second kappa shape index (κ2) is 83.3. The average Bonchev–Trinajstić information content (AvgIpc) is 2.50. The van der Waals surface area contributed by atoms with E-state index in [9.17, 15) is 0 Å². The van der Waals surface area contributed by atoms with Gasteiger partial charge in [-0.2, -0.15) is 0 Å². The summed E-state index contributed by atoms with van der Waals surface area (Å²) in [4.78, 5) is 71.6. The minimum atomic E-state index is -1.08. The van der Waals surface area contributed by atoms with Crippen LogP contribution in [0, 0.1) is 0 Å². The summed E-state index contributed by atoms with van der Waals surface area (Å²) in [7, 11) is 0. The number of carboxylic acid groups (broad SMARTS) is 8. The maximum atomic E-state index is 9.00. The molecule has 18 nitrogen and oxygen atoms in total. The van der Waals surface area contributed by atoms with Crippen molar-refractivity contribution < 1.29 is 197 Å². The van der Waals surface area contributed by atoms with Crippen LogP contribution in [0.15, 0.2) is 0 Å². The Labute approximate surface area is 321 Å². The average molecular weight is 628 g/mol. The molecule has 0 saturated heterocycles. The minimum absolute atomic E-state index is 0. The van der Waals surface area contributed by atoms with Gasteiger partial charge in [0.05, 0.1) is 0 Å². The summed E-state index contributed by atoms with van der Waals surface area (Å²) in [5, 5.41) is 65.2. The van der Waals surface area contributed by atoms with E-state index in [0.717, 1.165) is 55.4 Å². The summed E-state index contributed by atoms with van der Waals surface area (Å²) in [5.41, 5.74) is 9.81. The van der Waals surface area contributed by atoms with Gasteiger partial charge >= 0.3 is 118 Å². The molecular weight excluding hydrogens is 592 g/mol. The summed E-state index contributed by atoms with van der Waals surface area (Å²) in [5.74, 6) is -7.67. The first kappa shape index (κ1) is 83.4. The smallest absolute Gasteiger partial charge is 0.550 e. The van der Waals surface area contributed by atoms with Crippen LogP contribution in [-0.4, -0.2) is 81.3 Å². The van der Waals surface area contributed by atoms with E-state index >= 15 is 0 Å². The van der Waals surface area contributed by atoms with Crippen molar-refractivity contribution in [1.29, 1.82) is 0 Å². The number of aliphatic carboxylic acids is 8. The fourth-order valence-electron chi connectivity index (χ4n) is 0. The standard InChI is InChI=1S/C2H8N2.8C2H4O2.4Na/c3-1-2-4;8*1-2(3)4;;;;/h1-4H2;8*1H3,(H,3,4);;;;/q;;;;;;;;;4*+1/p-4. The van der Waals surface area contributed by atoms with E-state index in [1.54, 1.807) is 0 Å². The van der Waals surface area contributed by atoms with Crippen LogP contribution in [-0.2, 0) is 38.4 Å². The van der Waals surface area contributed by atoms with Crippen LogP contribution in [0.1, 0.15) is 55.4 Å². The molecule has 0 aromatic carbocycles. The van der Waals surface area contributed by atoms with E-state index in [2.05, 4.69) is 0 Å². The van der Waals surface area contributed by atoms with Crippen molar-refractivity contribution in [3.8, 4) is 0 Å². The third-order valence-electron chi connectivity index (χ3n) is 0.167. The zero-order chi connectivity index (χ0) is 32.0. The molecule has 0 spiro atoms. The first-order chi connectivity index (χ1) is 15.8. The molecule has 8 N–H and O–H groups in total. The van der Waals surface area contributed by atoms with Gasteiger partial charge in [0.25, 0.3) is 23.9 Å². The Kier molecular flexibility index (Phi) is 174. The van der Waals surface area contributed by atoms with E-state index in [0.29, 0.717) is 13.1 Å². The second-order valence-electron chi connectivity index (χ2n) is 4.62. The van der Waals surface area contributed by atoms with E-state index in [-0.39, 0.29) is 118 Å². The molecule has 0 aliphatic heterocycles. The van der Waals surface area contributed by atoms with Gasteiger partial charge in [0, 0.05) is 64.7 Å². The van der Waals surface area contributed by atoms with Crippen LogP contribution in [0.3, 0.4) is 0 Å². The molecule has 0 saturated carbocycles. The Balaban J connectivity index is -0.0000000184. The van der Waals surface area contributed by atoms with Crippen molar-refractivity contribution in [2.24, 2.45) is 11.5 Å². The molecule has 0 radical (unpaired) electrons. The number of carboxylic acids is 8. The van der Waals surface area contributed by atoms with Gasteiger partial charge < -0.3 is 71.5 Å². The van der Waals surface area contributed by atoms with Crippen LogP contribution < -0.4 is 150 Å². The Morgan fingerprint density at radius 2 is 0.425 bits per heavy atom. The van der Waals surface area contributed by atoms with Gasteiger partial charge in [-0.15, -0.1) is 0 Å². The van der Waals surface area contributed by atoms with Gasteiger partial charge in [0.1, 0.15) is 0 Å². The topological polar surface area (TPSA) is 362 Å². The van der Waals surface area contributed by atoms with E-state index in [1.807, 2.05) is 0 Å². The van der Waals surface area contributed by atoms with Crippen molar-refractivity contribution in [3.63, 3.8) is 0 Å². The maximum absolute atomic E-state index is 9.00.